The number of fused-ring (bicyclic) bond motifs is 2. The molecule has 0 spiro atoms. The molecule has 0 aliphatic heterocycles. The molecule has 0 aliphatic carbocycles. The van der Waals surface area contributed by atoms with Gasteiger partial charge in [-0.25, -0.2) is 9.97 Å². The first-order valence-corrected chi connectivity index (χ1v) is 9.19. The minimum Gasteiger partial charge on any atom is -0.506 e. The average Bonchev–Trinajstić information content (AvgIpc) is 2.57. The van der Waals surface area contributed by atoms with Crippen LogP contribution in [0.1, 0.15) is 0 Å². The van der Waals surface area contributed by atoms with Crippen LogP contribution in [0.3, 0.4) is 0 Å². The molecule has 24 heavy (non-hydrogen) atoms. The summed E-state index contributed by atoms with van der Waals surface area (Å²) < 4.78 is 2.03. The molecule has 0 bridgehead atoms. The zero-order valence-corrected chi connectivity index (χ0v) is 16.6. The van der Waals surface area contributed by atoms with E-state index in [1.165, 1.54) is 0 Å². The highest BCUT2D eigenvalue weighted by molar-refractivity contribution is 14.1. The lowest BCUT2D eigenvalue weighted by molar-refractivity contribution is 0.456. The minimum atomic E-state index is 0.0729. The summed E-state index contributed by atoms with van der Waals surface area (Å²) in [4.78, 5) is 8.24. The van der Waals surface area contributed by atoms with Gasteiger partial charge in [-0.2, -0.15) is 0 Å². The molecular formula is C18H12I2N2O2. The van der Waals surface area contributed by atoms with E-state index in [1.54, 1.807) is 12.1 Å². The van der Waals surface area contributed by atoms with Gasteiger partial charge in [0.05, 0.1) is 5.52 Å². The van der Waals surface area contributed by atoms with Gasteiger partial charge in [-0.3, -0.25) is 0 Å². The first-order chi connectivity index (χ1) is 11.5. The molecule has 0 saturated heterocycles. The van der Waals surface area contributed by atoms with Crippen LogP contribution in [-0.2, 0) is 0 Å². The first-order valence-electron chi connectivity index (χ1n) is 7.03. The number of aromatic nitrogens is 2. The fraction of sp³-hybridized carbons (Fsp3) is 0. The van der Waals surface area contributed by atoms with E-state index in [4.69, 9.17) is 5.11 Å². The Kier molecular flexibility index (Phi) is 5.34. The van der Waals surface area contributed by atoms with E-state index in [0.29, 0.717) is 5.52 Å². The number of para-hydroxylation sites is 2. The number of pyridine rings is 2. The Morgan fingerprint density at radius 3 is 2.33 bits per heavy atom. The second kappa shape index (κ2) is 7.47. The molecule has 0 amide bonds. The third kappa shape index (κ3) is 3.86. The summed E-state index contributed by atoms with van der Waals surface area (Å²) in [6.07, 6.45) is 0. The lowest BCUT2D eigenvalue weighted by Gasteiger charge is -2.01. The van der Waals surface area contributed by atoms with Crippen LogP contribution in [0.15, 0.2) is 60.7 Å². The third-order valence-corrected chi connectivity index (χ3v) is 6.00. The maximum atomic E-state index is 9.52. The SMILES string of the molecule is Oc1ccc2ccccc2n1.Oc1cccc2cc(I)c(I)nc12. The number of hydrogen-bond donors (Lipinski definition) is 2. The highest BCUT2D eigenvalue weighted by Crippen LogP contribution is 2.25. The van der Waals surface area contributed by atoms with Gasteiger partial charge in [0.1, 0.15) is 15.0 Å². The Hall–Kier alpha value is -1.68. The Labute approximate surface area is 165 Å². The molecule has 0 saturated carbocycles. The van der Waals surface area contributed by atoms with Crippen molar-refractivity contribution in [3.05, 3.63) is 67.9 Å². The van der Waals surface area contributed by atoms with Crippen LogP contribution in [-0.4, -0.2) is 20.2 Å². The first kappa shape index (κ1) is 17.2. The van der Waals surface area contributed by atoms with Gasteiger partial charge in [0.15, 0.2) is 0 Å². The fourth-order valence-electron chi connectivity index (χ4n) is 2.19. The van der Waals surface area contributed by atoms with Gasteiger partial charge in [-0.1, -0.05) is 30.3 Å². The van der Waals surface area contributed by atoms with Crippen molar-refractivity contribution in [2.75, 3.05) is 0 Å². The van der Waals surface area contributed by atoms with Gasteiger partial charge in [0, 0.05) is 20.4 Å². The van der Waals surface area contributed by atoms with Crippen LogP contribution in [0.2, 0.25) is 0 Å². The molecule has 4 rings (SSSR count). The smallest absolute Gasteiger partial charge is 0.211 e. The van der Waals surface area contributed by atoms with Crippen molar-refractivity contribution in [3.63, 3.8) is 0 Å². The van der Waals surface area contributed by atoms with Gasteiger partial charge in [-0.15, -0.1) is 0 Å². The number of phenols is 1. The van der Waals surface area contributed by atoms with Crippen LogP contribution in [0, 0.1) is 7.27 Å². The summed E-state index contributed by atoms with van der Waals surface area (Å²) in [5, 5.41) is 20.6. The molecule has 0 atom stereocenters. The van der Waals surface area contributed by atoms with E-state index in [9.17, 15) is 5.11 Å². The van der Waals surface area contributed by atoms with Crippen molar-refractivity contribution < 1.29 is 10.2 Å². The van der Waals surface area contributed by atoms with Crippen LogP contribution in [0.25, 0.3) is 21.8 Å². The number of aromatic hydroxyl groups is 2. The normalized spacial score (nSPS) is 10.4. The van der Waals surface area contributed by atoms with Crippen molar-refractivity contribution in [1.29, 1.82) is 0 Å². The second-order valence-electron chi connectivity index (χ2n) is 4.97. The van der Waals surface area contributed by atoms with Gasteiger partial charge < -0.3 is 10.2 Å². The molecule has 6 heteroatoms. The molecule has 0 unspecified atom stereocenters. The fourth-order valence-corrected chi connectivity index (χ4v) is 3.04. The van der Waals surface area contributed by atoms with Crippen LogP contribution >= 0.6 is 45.2 Å². The predicted octanol–water partition coefficient (Wildman–Crippen LogP) is 5.09. The number of rotatable bonds is 0. The number of benzene rings is 2. The maximum Gasteiger partial charge on any atom is 0.211 e. The molecule has 4 nitrogen and oxygen atoms in total. The lowest BCUT2D eigenvalue weighted by Crippen LogP contribution is -1.87. The zero-order chi connectivity index (χ0) is 17.1. The van der Waals surface area contributed by atoms with Crippen LogP contribution in [0.4, 0.5) is 0 Å². The highest BCUT2D eigenvalue weighted by atomic mass is 127. The van der Waals surface area contributed by atoms with Crippen LogP contribution in [0.5, 0.6) is 11.6 Å². The highest BCUT2D eigenvalue weighted by Gasteiger charge is 2.04. The molecule has 2 heterocycles. The molecule has 4 aromatic rings. The van der Waals surface area contributed by atoms with E-state index in [-0.39, 0.29) is 11.6 Å². The molecule has 0 aliphatic rings. The van der Waals surface area contributed by atoms with Crippen molar-refractivity contribution in [2.45, 2.75) is 0 Å². The Balaban J connectivity index is 0.000000143. The molecule has 2 aromatic carbocycles. The summed E-state index contributed by atoms with van der Waals surface area (Å²) in [6.45, 7) is 0. The van der Waals surface area contributed by atoms with Crippen molar-refractivity contribution in [2.24, 2.45) is 0 Å². The standard InChI is InChI=1S/C9H5I2NO.C9H7NO/c10-6-4-5-2-1-3-7(13)8(5)12-9(6)11;11-9-6-5-7-3-1-2-4-8(7)10-9/h1-4,13H;1-6H,(H,10,11). The van der Waals surface area contributed by atoms with Crippen molar-refractivity contribution in [3.8, 4) is 11.6 Å². The quantitative estimate of drug-likeness (QED) is 0.240. The van der Waals surface area contributed by atoms with E-state index in [2.05, 4.69) is 55.1 Å². The summed E-state index contributed by atoms with van der Waals surface area (Å²) in [6, 6.07) is 18.5. The van der Waals surface area contributed by atoms with Crippen molar-refractivity contribution in [1.82, 2.24) is 9.97 Å². The topological polar surface area (TPSA) is 66.2 Å². The van der Waals surface area contributed by atoms with E-state index in [1.807, 2.05) is 48.5 Å². The molecule has 2 N–H and O–H groups in total. The van der Waals surface area contributed by atoms with E-state index < -0.39 is 0 Å². The number of phenolic OH excluding ortho intramolecular Hbond substituents is 1. The number of hydrogen-bond acceptors (Lipinski definition) is 4. The van der Waals surface area contributed by atoms with Gasteiger partial charge in [-0.05, 0) is 69.4 Å². The monoisotopic (exact) mass is 542 g/mol. The van der Waals surface area contributed by atoms with E-state index >= 15 is 0 Å². The second-order valence-corrected chi connectivity index (χ2v) is 7.16. The Bertz CT molecular complexity index is 1020. The van der Waals surface area contributed by atoms with Crippen LogP contribution < -0.4 is 0 Å². The van der Waals surface area contributed by atoms with Gasteiger partial charge in [0.25, 0.3) is 0 Å². The average molecular weight is 542 g/mol. The summed E-state index contributed by atoms with van der Waals surface area (Å²) in [5.41, 5.74) is 1.50. The minimum absolute atomic E-state index is 0.0729. The number of nitrogens with zero attached hydrogens (tertiary/aromatic N) is 2. The summed E-state index contributed by atoms with van der Waals surface area (Å²) >= 11 is 4.39. The number of halogens is 2. The molecule has 0 radical (unpaired) electrons. The molecule has 0 fully saturated rings. The molecular weight excluding hydrogens is 530 g/mol. The summed E-state index contributed by atoms with van der Waals surface area (Å²) in [5.74, 6) is 0.315. The lowest BCUT2D eigenvalue weighted by atomic mass is 10.2. The van der Waals surface area contributed by atoms with Gasteiger partial charge in [0.2, 0.25) is 5.88 Å². The van der Waals surface area contributed by atoms with E-state index in [0.717, 1.165) is 23.6 Å². The zero-order valence-electron chi connectivity index (χ0n) is 12.3. The third-order valence-electron chi connectivity index (χ3n) is 3.32. The maximum absolute atomic E-state index is 9.52. The largest absolute Gasteiger partial charge is 0.506 e. The summed E-state index contributed by atoms with van der Waals surface area (Å²) in [7, 11) is 0. The molecule has 2 aromatic heterocycles. The van der Waals surface area contributed by atoms with Gasteiger partial charge >= 0.3 is 0 Å². The Morgan fingerprint density at radius 1 is 0.750 bits per heavy atom. The molecule has 120 valence electrons. The predicted molar refractivity (Wildman–Crippen MR) is 112 cm³/mol. The Morgan fingerprint density at radius 2 is 1.50 bits per heavy atom. The van der Waals surface area contributed by atoms with Crippen molar-refractivity contribution >= 4 is 67.0 Å².